The number of rotatable bonds is 5. The third kappa shape index (κ3) is 4.85. The van der Waals surface area contributed by atoms with Crippen molar-refractivity contribution in [1.82, 2.24) is 9.97 Å². The van der Waals surface area contributed by atoms with E-state index in [1.54, 1.807) is 36.4 Å². The van der Waals surface area contributed by atoms with E-state index < -0.39 is 17.1 Å². The lowest BCUT2D eigenvalue weighted by Gasteiger charge is -2.04. The molecule has 3 rings (SSSR count). The maximum atomic E-state index is 12.3. The van der Waals surface area contributed by atoms with Crippen molar-refractivity contribution in [3.05, 3.63) is 97.1 Å². The van der Waals surface area contributed by atoms with Gasteiger partial charge >= 0.3 is 5.97 Å². The van der Waals surface area contributed by atoms with E-state index in [2.05, 4.69) is 14.7 Å². The van der Waals surface area contributed by atoms with Crippen LogP contribution in [0.3, 0.4) is 0 Å². The highest BCUT2D eigenvalue weighted by atomic mass is 16.6. The van der Waals surface area contributed by atoms with Gasteiger partial charge in [-0.2, -0.15) is 0 Å². The van der Waals surface area contributed by atoms with Gasteiger partial charge in [-0.15, -0.1) is 0 Å². The van der Waals surface area contributed by atoms with Gasteiger partial charge in [0, 0.05) is 0 Å². The van der Waals surface area contributed by atoms with Crippen LogP contribution in [0.2, 0.25) is 0 Å². The maximum absolute atomic E-state index is 12.3. The number of carbonyl (C=O) groups is 1. The first kappa shape index (κ1) is 18.9. The zero-order chi connectivity index (χ0) is 19.9. The Hall–Kier alpha value is -3.87. The Labute approximate surface area is 159 Å². The Morgan fingerprint density at radius 1 is 0.857 bits per heavy atom. The van der Waals surface area contributed by atoms with Gasteiger partial charge in [0.1, 0.15) is 16.4 Å². The van der Waals surface area contributed by atoms with E-state index in [1.807, 2.05) is 30.3 Å². The highest BCUT2D eigenvalue weighted by Gasteiger charge is 2.02. The van der Waals surface area contributed by atoms with Gasteiger partial charge in [-0.1, -0.05) is 42.5 Å². The summed E-state index contributed by atoms with van der Waals surface area (Å²) in [6.07, 6.45) is 3.16. The molecule has 0 unspecified atom stereocenters. The minimum atomic E-state index is -0.479. The van der Waals surface area contributed by atoms with Crippen LogP contribution >= 0.6 is 0 Å². The molecule has 0 aliphatic rings. The highest BCUT2D eigenvalue weighted by molar-refractivity contribution is 5.70. The Kier molecular flexibility index (Phi) is 5.86. The summed E-state index contributed by atoms with van der Waals surface area (Å²) in [4.78, 5) is 40.9. The number of ether oxygens (including phenoxy) is 2. The zero-order valence-electron chi connectivity index (χ0n) is 15.1. The van der Waals surface area contributed by atoms with E-state index in [0.29, 0.717) is 11.3 Å². The van der Waals surface area contributed by atoms with Gasteiger partial charge in [-0.3, -0.25) is 9.59 Å². The van der Waals surface area contributed by atoms with Crippen molar-refractivity contribution in [2.24, 2.45) is 0 Å². The maximum Gasteiger partial charge on any atom is 0.343 e. The van der Waals surface area contributed by atoms with Crippen molar-refractivity contribution >= 4 is 18.1 Å². The van der Waals surface area contributed by atoms with Crippen molar-refractivity contribution in [3.8, 4) is 5.75 Å². The van der Waals surface area contributed by atoms with Gasteiger partial charge < -0.3 is 19.4 Å². The van der Waals surface area contributed by atoms with Gasteiger partial charge in [-0.05, 0) is 35.4 Å². The van der Waals surface area contributed by atoms with E-state index in [-0.39, 0.29) is 17.3 Å². The summed E-state index contributed by atoms with van der Waals surface area (Å²) >= 11 is 0. The molecule has 0 aliphatic heterocycles. The number of aromatic amines is 2. The van der Waals surface area contributed by atoms with Crippen molar-refractivity contribution in [2.45, 2.75) is 0 Å². The highest BCUT2D eigenvalue weighted by Crippen LogP contribution is 2.12. The summed E-state index contributed by atoms with van der Waals surface area (Å²) in [6.45, 7) is -0.189. The predicted octanol–water partition coefficient (Wildman–Crippen LogP) is 0.273. The van der Waals surface area contributed by atoms with Crippen LogP contribution in [-0.4, -0.2) is 29.7 Å². The molecule has 3 aromatic rings. The van der Waals surface area contributed by atoms with Gasteiger partial charge in [0.25, 0.3) is 11.1 Å². The number of benzene rings is 2. The molecule has 7 heteroatoms. The Balaban J connectivity index is 1.88. The van der Waals surface area contributed by atoms with Crippen LogP contribution in [0, 0.1) is 0 Å². The first-order valence-corrected chi connectivity index (χ1v) is 8.46. The molecule has 0 amide bonds. The summed E-state index contributed by atoms with van der Waals surface area (Å²) in [5.41, 5.74) is 0.690. The molecule has 7 nitrogen and oxygen atoms in total. The number of esters is 1. The average molecular weight is 378 g/mol. The van der Waals surface area contributed by atoms with Crippen molar-refractivity contribution in [2.75, 3.05) is 13.7 Å². The van der Waals surface area contributed by atoms with Gasteiger partial charge in [0.05, 0.1) is 7.11 Å². The average Bonchev–Trinajstić information content (AvgIpc) is 2.71. The third-order valence-electron chi connectivity index (χ3n) is 3.87. The minimum absolute atomic E-state index is 0.137. The largest absolute Gasteiger partial charge is 0.482 e. The van der Waals surface area contributed by atoms with Crippen LogP contribution in [0.5, 0.6) is 5.75 Å². The lowest BCUT2D eigenvalue weighted by molar-refractivity contribution is -0.142. The molecule has 1 aromatic heterocycles. The lowest BCUT2D eigenvalue weighted by atomic mass is 10.2. The van der Waals surface area contributed by atoms with E-state index in [1.165, 1.54) is 7.11 Å². The molecule has 0 spiro atoms. The third-order valence-corrected chi connectivity index (χ3v) is 3.87. The smallest absolute Gasteiger partial charge is 0.343 e. The molecule has 28 heavy (non-hydrogen) atoms. The SMILES string of the molecule is COC(=O)COc1ccc(/C=c2\[nH]c(=O)/c(=C/c3ccccc3)[nH]c2=O)cc1. The molecule has 0 atom stereocenters. The molecule has 0 aliphatic carbocycles. The quantitative estimate of drug-likeness (QED) is 0.621. The summed E-state index contributed by atoms with van der Waals surface area (Å²) in [5.74, 6) is 0.00454. The van der Waals surface area contributed by atoms with E-state index in [4.69, 9.17) is 4.74 Å². The second-order valence-electron chi connectivity index (χ2n) is 5.87. The monoisotopic (exact) mass is 378 g/mol. The van der Waals surface area contributed by atoms with Crippen molar-refractivity contribution in [3.63, 3.8) is 0 Å². The molecule has 0 saturated carbocycles. The van der Waals surface area contributed by atoms with E-state index >= 15 is 0 Å². The fourth-order valence-electron chi connectivity index (χ4n) is 2.44. The van der Waals surface area contributed by atoms with E-state index in [0.717, 1.165) is 5.56 Å². The first-order chi connectivity index (χ1) is 13.5. The molecule has 0 radical (unpaired) electrons. The summed E-state index contributed by atoms with van der Waals surface area (Å²) in [7, 11) is 1.28. The van der Waals surface area contributed by atoms with Crippen LogP contribution in [0.4, 0.5) is 0 Å². The Bertz CT molecular complexity index is 1190. The molecule has 2 aromatic carbocycles. The second-order valence-corrected chi connectivity index (χ2v) is 5.87. The molecule has 0 saturated heterocycles. The van der Waals surface area contributed by atoms with Gasteiger partial charge in [0.2, 0.25) is 0 Å². The number of aromatic nitrogens is 2. The Morgan fingerprint density at radius 2 is 1.39 bits per heavy atom. The standard InChI is InChI=1S/C21H18N2O5/c1-27-19(24)13-28-16-9-7-15(8-10-16)12-18-21(26)22-17(20(25)23-18)11-14-5-3-2-4-6-14/h2-12H,13H2,1H3,(H,22,26)(H,23,25)/b17-11-,18-12-. The fraction of sp³-hybridized carbons (Fsp3) is 0.0952. The fourth-order valence-corrected chi connectivity index (χ4v) is 2.44. The molecule has 0 fully saturated rings. The minimum Gasteiger partial charge on any atom is -0.482 e. The number of hydrogen-bond acceptors (Lipinski definition) is 5. The summed E-state index contributed by atoms with van der Waals surface area (Å²) < 4.78 is 9.76. The first-order valence-electron chi connectivity index (χ1n) is 8.46. The van der Waals surface area contributed by atoms with Gasteiger partial charge in [-0.25, -0.2) is 4.79 Å². The molecule has 142 valence electrons. The number of hydrogen-bond donors (Lipinski definition) is 2. The van der Waals surface area contributed by atoms with Crippen molar-refractivity contribution < 1.29 is 14.3 Å². The normalized spacial score (nSPS) is 12.0. The lowest BCUT2D eigenvalue weighted by Crippen LogP contribution is -2.46. The molecule has 0 bridgehead atoms. The molecule has 2 N–H and O–H groups in total. The van der Waals surface area contributed by atoms with E-state index in [9.17, 15) is 14.4 Å². The van der Waals surface area contributed by atoms with Crippen LogP contribution < -0.4 is 26.6 Å². The van der Waals surface area contributed by atoms with Crippen LogP contribution in [0.1, 0.15) is 11.1 Å². The van der Waals surface area contributed by atoms with Gasteiger partial charge in [0.15, 0.2) is 6.61 Å². The Morgan fingerprint density at radius 3 is 1.93 bits per heavy atom. The van der Waals surface area contributed by atoms with Crippen LogP contribution in [0.15, 0.2) is 64.2 Å². The number of methoxy groups -OCH3 is 1. The zero-order valence-corrected chi connectivity index (χ0v) is 15.1. The number of nitrogens with one attached hydrogen (secondary N) is 2. The molecular formula is C21H18N2O5. The number of H-pyrrole nitrogens is 2. The van der Waals surface area contributed by atoms with Crippen LogP contribution in [-0.2, 0) is 9.53 Å². The second kappa shape index (κ2) is 8.68. The van der Waals surface area contributed by atoms with Crippen molar-refractivity contribution in [1.29, 1.82) is 0 Å². The summed E-state index contributed by atoms with van der Waals surface area (Å²) in [5, 5.41) is 0.318. The van der Waals surface area contributed by atoms with Crippen LogP contribution in [0.25, 0.3) is 12.2 Å². The number of carbonyl (C=O) groups excluding carboxylic acids is 1. The predicted molar refractivity (Wildman–Crippen MR) is 104 cm³/mol. The molecular weight excluding hydrogens is 360 g/mol. The molecule has 1 heterocycles. The topological polar surface area (TPSA) is 101 Å². The summed E-state index contributed by atoms with van der Waals surface area (Å²) in [6, 6.07) is 15.9.